The number of para-hydroxylation sites is 1. The van der Waals surface area contributed by atoms with Crippen LogP contribution in [0.2, 0.25) is 0 Å². The van der Waals surface area contributed by atoms with Gasteiger partial charge in [0.1, 0.15) is 0 Å². The van der Waals surface area contributed by atoms with Crippen molar-refractivity contribution in [3.63, 3.8) is 0 Å². The standard InChI is InChI=1S/C18H17N3S/c1-2-21-16-6-4-3-5-14(16)15-11-13(7-8-17(15)21)12-20-18-19-9-10-22-18/h3-11H,2,12H2,1H3,(H,19,20). The van der Waals surface area contributed by atoms with Gasteiger partial charge in [-0.3, -0.25) is 0 Å². The lowest BCUT2D eigenvalue weighted by Crippen LogP contribution is -1.99. The van der Waals surface area contributed by atoms with E-state index in [0.717, 1.165) is 18.2 Å². The average Bonchev–Trinajstić information content (AvgIpc) is 3.18. The Bertz CT molecular complexity index is 922. The van der Waals surface area contributed by atoms with Gasteiger partial charge in [0.05, 0.1) is 0 Å². The highest BCUT2D eigenvalue weighted by Gasteiger charge is 2.09. The number of hydrogen-bond donors (Lipinski definition) is 1. The van der Waals surface area contributed by atoms with Crippen LogP contribution in [0, 0.1) is 0 Å². The van der Waals surface area contributed by atoms with E-state index >= 15 is 0 Å². The molecule has 3 nitrogen and oxygen atoms in total. The van der Waals surface area contributed by atoms with E-state index in [9.17, 15) is 0 Å². The molecule has 22 heavy (non-hydrogen) atoms. The van der Waals surface area contributed by atoms with Crippen molar-refractivity contribution in [3.05, 3.63) is 59.6 Å². The quantitative estimate of drug-likeness (QED) is 0.582. The van der Waals surface area contributed by atoms with Crippen molar-refractivity contribution in [2.24, 2.45) is 0 Å². The zero-order chi connectivity index (χ0) is 14.9. The lowest BCUT2D eigenvalue weighted by atomic mass is 10.1. The first-order chi connectivity index (χ1) is 10.9. The smallest absolute Gasteiger partial charge is 0.182 e. The van der Waals surface area contributed by atoms with Crippen molar-refractivity contribution in [1.82, 2.24) is 9.55 Å². The molecule has 110 valence electrons. The molecule has 0 aliphatic heterocycles. The van der Waals surface area contributed by atoms with Gasteiger partial charge < -0.3 is 9.88 Å². The Kier molecular flexibility index (Phi) is 3.31. The molecule has 0 unspecified atom stereocenters. The number of nitrogens with one attached hydrogen (secondary N) is 1. The van der Waals surface area contributed by atoms with Crippen molar-refractivity contribution < 1.29 is 0 Å². The van der Waals surface area contributed by atoms with Crippen LogP contribution in [0.5, 0.6) is 0 Å². The minimum absolute atomic E-state index is 0.801. The minimum atomic E-state index is 0.801. The Morgan fingerprint density at radius 2 is 1.95 bits per heavy atom. The summed E-state index contributed by atoms with van der Waals surface area (Å²) in [5.74, 6) is 0. The Hall–Kier alpha value is -2.33. The van der Waals surface area contributed by atoms with E-state index in [4.69, 9.17) is 0 Å². The van der Waals surface area contributed by atoms with Crippen LogP contribution in [0.4, 0.5) is 5.13 Å². The van der Waals surface area contributed by atoms with Gasteiger partial charge in [0.15, 0.2) is 5.13 Å². The van der Waals surface area contributed by atoms with Crippen molar-refractivity contribution in [1.29, 1.82) is 0 Å². The number of nitrogens with zero attached hydrogens (tertiary/aromatic N) is 2. The third-order valence-corrected chi connectivity index (χ3v) is 4.76. The second-order valence-corrected chi connectivity index (χ2v) is 6.20. The average molecular weight is 307 g/mol. The summed E-state index contributed by atoms with van der Waals surface area (Å²) < 4.78 is 2.38. The highest BCUT2D eigenvalue weighted by atomic mass is 32.1. The lowest BCUT2D eigenvalue weighted by molar-refractivity contribution is 0.827. The fraction of sp³-hybridized carbons (Fsp3) is 0.167. The maximum absolute atomic E-state index is 4.26. The van der Waals surface area contributed by atoms with Gasteiger partial charge in [0, 0.05) is 46.5 Å². The summed E-state index contributed by atoms with van der Waals surface area (Å²) in [6.45, 7) is 3.99. The number of hydrogen-bond acceptors (Lipinski definition) is 3. The minimum Gasteiger partial charge on any atom is -0.357 e. The molecule has 0 aliphatic rings. The summed E-state index contributed by atoms with van der Waals surface area (Å²) in [4.78, 5) is 4.26. The summed E-state index contributed by atoms with van der Waals surface area (Å²) in [5.41, 5.74) is 3.90. The van der Waals surface area contributed by atoms with Gasteiger partial charge in [-0.1, -0.05) is 24.3 Å². The zero-order valence-electron chi connectivity index (χ0n) is 12.4. The molecule has 0 saturated carbocycles. The normalized spacial score (nSPS) is 11.3. The van der Waals surface area contributed by atoms with E-state index in [1.165, 1.54) is 27.4 Å². The molecule has 0 bridgehead atoms. The van der Waals surface area contributed by atoms with Crippen LogP contribution in [0.3, 0.4) is 0 Å². The van der Waals surface area contributed by atoms with E-state index in [1.54, 1.807) is 11.3 Å². The Balaban J connectivity index is 1.78. The largest absolute Gasteiger partial charge is 0.357 e. The van der Waals surface area contributed by atoms with Gasteiger partial charge in [0.25, 0.3) is 0 Å². The fourth-order valence-electron chi connectivity index (χ4n) is 3.04. The Morgan fingerprint density at radius 1 is 1.09 bits per heavy atom. The molecule has 0 atom stereocenters. The molecule has 2 aromatic heterocycles. The van der Waals surface area contributed by atoms with E-state index in [-0.39, 0.29) is 0 Å². The molecule has 0 aliphatic carbocycles. The van der Waals surface area contributed by atoms with Gasteiger partial charge >= 0.3 is 0 Å². The van der Waals surface area contributed by atoms with Gasteiger partial charge in [-0.25, -0.2) is 4.98 Å². The molecule has 0 saturated heterocycles. The first-order valence-electron chi connectivity index (χ1n) is 7.50. The van der Waals surface area contributed by atoms with Crippen LogP contribution in [0.1, 0.15) is 12.5 Å². The monoisotopic (exact) mass is 307 g/mol. The molecule has 1 N–H and O–H groups in total. The molecule has 0 amide bonds. The van der Waals surface area contributed by atoms with Gasteiger partial charge in [-0.2, -0.15) is 0 Å². The zero-order valence-corrected chi connectivity index (χ0v) is 13.2. The summed E-state index contributed by atoms with van der Waals surface area (Å²) in [6.07, 6.45) is 1.82. The number of rotatable bonds is 4. The summed E-state index contributed by atoms with van der Waals surface area (Å²) in [7, 11) is 0. The van der Waals surface area contributed by atoms with E-state index in [2.05, 4.69) is 64.3 Å². The lowest BCUT2D eigenvalue weighted by Gasteiger charge is -2.05. The number of fused-ring (bicyclic) bond motifs is 3. The summed E-state index contributed by atoms with van der Waals surface area (Å²) in [6, 6.07) is 15.4. The first kappa shape index (κ1) is 13.3. The van der Waals surface area contributed by atoms with Gasteiger partial charge in [-0.05, 0) is 30.7 Å². The SMILES string of the molecule is CCn1c2ccccc2c2cc(CNc3nccs3)ccc21. The van der Waals surface area contributed by atoms with Crippen LogP contribution in [0.15, 0.2) is 54.0 Å². The maximum Gasteiger partial charge on any atom is 0.182 e. The molecular formula is C18H17N3S. The van der Waals surface area contributed by atoms with Crippen LogP contribution < -0.4 is 5.32 Å². The summed E-state index contributed by atoms with van der Waals surface area (Å²) >= 11 is 1.63. The van der Waals surface area contributed by atoms with Crippen LogP contribution >= 0.6 is 11.3 Å². The van der Waals surface area contributed by atoms with E-state index in [1.807, 2.05) is 11.6 Å². The highest BCUT2D eigenvalue weighted by molar-refractivity contribution is 7.13. The van der Waals surface area contributed by atoms with Crippen molar-refractivity contribution in [2.45, 2.75) is 20.0 Å². The van der Waals surface area contributed by atoms with Crippen LogP contribution in [-0.2, 0) is 13.1 Å². The molecule has 0 fully saturated rings. The third-order valence-electron chi connectivity index (χ3n) is 4.03. The number of anilines is 1. The Labute approximate surface area is 133 Å². The number of aryl methyl sites for hydroxylation is 1. The molecular weight excluding hydrogens is 290 g/mol. The predicted molar refractivity (Wildman–Crippen MR) is 94.6 cm³/mol. The molecule has 0 spiro atoms. The topological polar surface area (TPSA) is 29.9 Å². The third kappa shape index (κ3) is 2.16. The molecule has 4 heteroatoms. The van der Waals surface area contributed by atoms with Crippen molar-refractivity contribution in [2.75, 3.05) is 5.32 Å². The maximum atomic E-state index is 4.26. The highest BCUT2D eigenvalue weighted by Crippen LogP contribution is 2.29. The second kappa shape index (κ2) is 5.46. The number of aromatic nitrogens is 2. The Morgan fingerprint density at radius 3 is 2.77 bits per heavy atom. The summed E-state index contributed by atoms with van der Waals surface area (Å²) in [5, 5.41) is 8.99. The predicted octanol–water partition coefficient (Wildman–Crippen LogP) is 4.88. The molecule has 2 heterocycles. The van der Waals surface area contributed by atoms with Crippen molar-refractivity contribution >= 4 is 38.3 Å². The number of benzene rings is 2. The molecule has 0 radical (unpaired) electrons. The molecule has 4 rings (SSSR count). The van der Waals surface area contributed by atoms with Gasteiger partial charge in [-0.15, -0.1) is 11.3 Å². The molecule has 4 aromatic rings. The van der Waals surface area contributed by atoms with E-state index < -0.39 is 0 Å². The fourth-order valence-corrected chi connectivity index (χ4v) is 3.57. The van der Waals surface area contributed by atoms with Gasteiger partial charge in [0.2, 0.25) is 0 Å². The van der Waals surface area contributed by atoms with Crippen molar-refractivity contribution in [3.8, 4) is 0 Å². The second-order valence-electron chi connectivity index (χ2n) is 5.30. The van der Waals surface area contributed by atoms with Crippen LogP contribution in [-0.4, -0.2) is 9.55 Å². The van der Waals surface area contributed by atoms with Crippen LogP contribution in [0.25, 0.3) is 21.8 Å². The molecule has 2 aromatic carbocycles. The first-order valence-corrected chi connectivity index (χ1v) is 8.38. The number of thiazole rings is 1. The van der Waals surface area contributed by atoms with E-state index in [0.29, 0.717) is 0 Å².